The number of hydrogen-bond donors (Lipinski definition) is 0. The van der Waals surface area contributed by atoms with Crippen LogP contribution in [-0.2, 0) is 6.42 Å². The summed E-state index contributed by atoms with van der Waals surface area (Å²) in [6, 6.07) is 14.3. The highest BCUT2D eigenvalue weighted by Crippen LogP contribution is 2.29. The molecule has 4 heterocycles. The first kappa shape index (κ1) is 16.6. The van der Waals surface area contributed by atoms with Gasteiger partial charge in [0.05, 0.1) is 5.39 Å². The predicted octanol–water partition coefficient (Wildman–Crippen LogP) is 3.98. The van der Waals surface area contributed by atoms with Crippen LogP contribution >= 0.6 is 0 Å². The average molecular weight is 368 g/mol. The van der Waals surface area contributed by atoms with Crippen molar-refractivity contribution in [1.82, 2.24) is 29.1 Å². The summed E-state index contributed by atoms with van der Waals surface area (Å²) in [5.41, 5.74) is 6.31. The molecular weight excluding hydrogens is 348 g/mol. The van der Waals surface area contributed by atoms with Crippen molar-refractivity contribution in [2.24, 2.45) is 0 Å². The summed E-state index contributed by atoms with van der Waals surface area (Å²) in [5, 5.41) is 5.67. The second-order valence-corrected chi connectivity index (χ2v) is 7.14. The van der Waals surface area contributed by atoms with Crippen molar-refractivity contribution in [3.8, 4) is 5.82 Å². The van der Waals surface area contributed by atoms with E-state index < -0.39 is 0 Å². The van der Waals surface area contributed by atoms with Crippen molar-refractivity contribution < 1.29 is 0 Å². The zero-order valence-corrected chi connectivity index (χ0v) is 16.1. The second-order valence-electron chi connectivity index (χ2n) is 7.14. The zero-order chi connectivity index (χ0) is 19.3. The molecule has 5 rings (SSSR count). The van der Waals surface area contributed by atoms with E-state index in [2.05, 4.69) is 53.6 Å². The molecular formula is C22H20N6. The predicted molar refractivity (Wildman–Crippen MR) is 109 cm³/mol. The molecule has 0 atom stereocenters. The minimum atomic E-state index is 0.697. The van der Waals surface area contributed by atoms with Crippen LogP contribution in [-0.4, -0.2) is 29.1 Å². The van der Waals surface area contributed by atoms with Gasteiger partial charge in [-0.3, -0.25) is 4.57 Å². The van der Waals surface area contributed by atoms with E-state index in [-0.39, 0.29) is 0 Å². The van der Waals surface area contributed by atoms with E-state index >= 15 is 0 Å². The number of pyridine rings is 1. The van der Waals surface area contributed by atoms with Gasteiger partial charge in [-0.05, 0) is 49.6 Å². The molecule has 0 aliphatic carbocycles. The SMILES string of the molecule is Cc1ccnc(-n2c(C)c(C)c3c2ncn2nc(Cc4ccccc4)nc32)c1. The maximum Gasteiger partial charge on any atom is 0.168 e. The number of rotatable bonds is 3. The topological polar surface area (TPSA) is 60.9 Å². The van der Waals surface area contributed by atoms with Gasteiger partial charge in [0.1, 0.15) is 12.1 Å². The van der Waals surface area contributed by atoms with Crippen molar-refractivity contribution in [3.63, 3.8) is 0 Å². The summed E-state index contributed by atoms with van der Waals surface area (Å²) in [6.07, 6.45) is 4.27. The second kappa shape index (κ2) is 6.27. The van der Waals surface area contributed by atoms with Gasteiger partial charge < -0.3 is 0 Å². The number of nitrogens with zero attached hydrogens (tertiary/aromatic N) is 6. The van der Waals surface area contributed by atoms with Crippen LogP contribution in [0.15, 0.2) is 55.0 Å². The number of hydrogen-bond acceptors (Lipinski definition) is 4. The molecule has 4 aromatic heterocycles. The fourth-order valence-corrected chi connectivity index (χ4v) is 3.68. The van der Waals surface area contributed by atoms with Gasteiger partial charge in [0, 0.05) is 18.3 Å². The lowest BCUT2D eigenvalue weighted by Gasteiger charge is -2.07. The molecule has 0 saturated carbocycles. The van der Waals surface area contributed by atoms with Gasteiger partial charge in [-0.25, -0.2) is 19.5 Å². The molecule has 0 fully saturated rings. The normalized spacial score (nSPS) is 11.5. The smallest absolute Gasteiger partial charge is 0.168 e. The molecule has 0 radical (unpaired) electrons. The minimum Gasteiger partial charge on any atom is -0.282 e. The number of aryl methyl sites for hydroxylation is 2. The summed E-state index contributed by atoms with van der Waals surface area (Å²) in [5.74, 6) is 1.66. The molecule has 0 amide bonds. The number of fused-ring (bicyclic) bond motifs is 3. The molecule has 5 aromatic rings. The molecule has 28 heavy (non-hydrogen) atoms. The first-order chi connectivity index (χ1) is 13.6. The summed E-state index contributed by atoms with van der Waals surface area (Å²) in [4.78, 5) is 14.1. The van der Waals surface area contributed by atoms with Crippen LogP contribution in [0.3, 0.4) is 0 Å². The monoisotopic (exact) mass is 368 g/mol. The fraction of sp³-hybridized carbons (Fsp3) is 0.182. The Hall–Kier alpha value is -3.54. The highest BCUT2D eigenvalue weighted by molar-refractivity contribution is 5.94. The Bertz CT molecular complexity index is 1310. The van der Waals surface area contributed by atoms with E-state index in [1.54, 1.807) is 10.8 Å². The standard InChI is InChI=1S/C22H20N6/c1-14-9-10-23-19(11-14)28-16(3)15(2)20-21(28)24-13-27-22(20)25-18(26-27)12-17-7-5-4-6-8-17/h4-11,13H,12H2,1-3H3. The molecule has 0 N–H and O–H groups in total. The van der Waals surface area contributed by atoms with Gasteiger partial charge in [0.15, 0.2) is 17.1 Å². The van der Waals surface area contributed by atoms with Crippen LogP contribution in [0.5, 0.6) is 0 Å². The third-order valence-electron chi connectivity index (χ3n) is 5.21. The summed E-state index contributed by atoms with van der Waals surface area (Å²) < 4.78 is 3.88. The lowest BCUT2D eigenvalue weighted by Crippen LogP contribution is -2.01. The largest absolute Gasteiger partial charge is 0.282 e. The Morgan fingerprint density at radius 3 is 2.54 bits per heavy atom. The molecule has 6 heteroatoms. The molecule has 1 aromatic carbocycles. The Balaban J connectivity index is 1.71. The van der Waals surface area contributed by atoms with Gasteiger partial charge in [-0.2, -0.15) is 0 Å². The van der Waals surface area contributed by atoms with Crippen LogP contribution < -0.4 is 0 Å². The van der Waals surface area contributed by atoms with Gasteiger partial charge in [-0.1, -0.05) is 30.3 Å². The molecule has 0 bridgehead atoms. The van der Waals surface area contributed by atoms with E-state index in [0.29, 0.717) is 6.42 Å². The maximum absolute atomic E-state index is 4.84. The Morgan fingerprint density at radius 1 is 0.929 bits per heavy atom. The molecule has 0 aliphatic heterocycles. The van der Waals surface area contributed by atoms with Crippen molar-refractivity contribution in [2.45, 2.75) is 27.2 Å². The molecule has 0 aliphatic rings. The van der Waals surface area contributed by atoms with Crippen molar-refractivity contribution in [1.29, 1.82) is 0 Å². The summed E-state index contributed by atoms with van der Waals surface area (Å²) in [7, 11) is 0. The maximum atomic E-state index is 4.84. The third-order valence-corrected chi connectivity index (χ3v) is 5.21. The lowest BCUT2D eigenvalue weighted by molar-refractivity contribution is 0.877. The van der Waals surface area contributed by atoms with Crippen LogP contribution in [0.4, 0.5) is 0 Å². The molecule has 0 saturated heterocycles. The van der Waals surface area contributed by atoms with Crippen molar-refractivity contribution in [2.75, 3.05) is 0 Å². The Labute approximate surface area is 162 Å². The average Bonchev–Trinajstić information content (AvgIpc) is 3.21. The van der Waals surface area contributed by atoms with Crippen molar-refractivity contribution in [3.05, 3.63) is 83.2 Å². The van der Waals surface area contributed by atoms with Crippen LogP contribution in [0.2, 0.25) is 0 Å². The highest BCUT2D eigenvalue weighted by Gasteiger charge is 2.19. The van der Waals surface area contributed by atoms with E-state index in [1.807, 2.05) is 30.5 Å². The van der Waals surface area contributed by atoms with E-state index in [4.69, 9.17) is 9.97 Å². The van der Waals surface area contributed by atoms with Gasteiger partial charge in [-0.15, -0.1) is 5.10 Å². The third kappa shape index (κ3) is 2.57. The van der Waals surface area contributed by atoms with Gasteiger partial charge in [0.2, 0.25) is 0 Å². The lowest BCUT2D eigenvalue weighted by atomic mass is 10.1. The molecule has 0 unspecified atom stereocenters. The van der Waals surface area contributed by atoms with E-state index in [0.717, 1.165) is 45.1 Å². The van der Waals surface area contributed by atoms with Gasteiger partial charge >= 0.3 is 0 Å². The summed E-state index contributed by atoms with van der Waals surface area (Å²) >= 11 is 0. The Kier molecular flexibility index (Phi) is 3.72. The first-order valence-electron chi connectivity index (χ1n) is 9.30. The number of aromatic nitrogens is 6. The Morgan fingerprint density at radius 2 is 1.75 bits per heavy atom. The highest BCUT2D eigenvalue weighted by atomic mass is 15.3. The fourth-order valence-electron chi connectivity index (χ4n) is 3.68. The molecule has 138 valence electrons. The molecule has 0 spiro atoms. The van der Waals surface area contributed by atoms with E-state index in [9.17, 15) is 0 Å². The molecule has 6 nitrogen and oxygen atoms in total. The minimum absolute atomic E-state index is 0.697. The van der Waals surface area contributed by atoms with E-state index in [1.165, 1.54) is 5.56 Å². The first-order valence-corrected chi connectivity index (χ1v) is 9.30. The van der Waals surface area contributed by atoms with Gasteiger partial charge in [0.25, 0.3) is 0 Å². The van der Waals surface area contributed by atoms with Crippen molar-refractivity contribution >= 4 is 16.7 Å². The van der Waals surface area contributed by atoms with Crippen LogP contribution in [0.25, 0.3) is 22.5 Å². The summed E-state index contributed by atoms with van der Waals surface area (Å²) in [6.45, 7) is 6.27. The van der Waals surface area contributed by atoms with Crippen LogP contribution in [0, 0.1) is 20.8 Å². The quantitative estimate of drug-likeness (QED) is 0.483. The van der Waals surface area contributed by atoms with Crippen LogP contribution in [0.1, 0.15) is 28.2 Å². The number of benzene rings is 1. The zero-order valence-electron chi connectivity index (χ0n) is 16.1.